The highest BCUT2D eigenvalue weighted by Crippen LogP contribution is 2.27. The van der Waals surface area contributed by atoms with E-state index in [1.165, 1.54) is 12.0 Å². The van der Waals surface area contributed by atoms with E-state index in [-0.39, 0.29) is 5.91 Å². The van der Waals surface area contributed by atoms with Crippen LogP contribution in [0.5, 0.6) is 11.5 Å². The van der Waals surface area contributed by atoms with Gasteiger partial charge in [0.25, 0.3) is 5.91 Å². The Morgan fingerprint density at radius 2 is 1.79 bits per heavy atom. The number of piperidine rings is 1. The minimum Gasteiger partial charge on any atom is -0.497 e. The van der Waals surface area contributed by atoms with E-state index >= 15 is 0 Å². The molecule has 2 aliphatic rings. The molecular formula is C22H29N3O3. The number of likely N-dealkylation sites (tertiary alicyclic amines) is 1. The Labute approximate surface area is 166 Å². The fourth-order valence-electron chi connectivity index (χ4n) is 4.29. The molecule has 0 radical (unpaired) electrons. The fourth-order valence-corrected chi connectivity index (χ4v) is 4.29. The van der Waals surface area contributed by atoms with Crippen molar-refractivity contribution in [2.45, 2.75) is 38.5 Å². The minimum atomic E-state index is 0.146. The number of hydrogen-bond donors (Lipinski definition) is 0. The largest absolute Gasteiger partial charge is 0.497 e. The second kappa shape index (κ2) is 8.25. The lowest BCUT2D eigenvalue weighted by Gasteiger charge is -2.32. The van der Waals surface area contributed by atoms with E-state index < -0.39 is 0 Å². The maximum absolute atomic E-state index is 13.1. The molecule has 0 unspecified atom stereocenters. The van der Waals surface area contributed by atoms with E-state index in [9.17, 15) is 4.79 Å². The number of fused-ring (bicyclic) bond motifs is 1. The third kappa shape index (κ3) is 3.86. The summed E-state index contributed by atoms with van der Waals surface area (Å²) in [5, 5.41) is 4.60. The van der Waals surface area contributed by atoms with E-state index in [4.69, 9.17) is 9.47 Å². The van der Waals surface area contributed by atoms with Crippen molar-refractivity contribution in [1.29, 1.82) is 0 Å². The maximum Gasteiger partial charge on any atom is 0.272 e. The molecule has 4 rings (SSSR count). The quantitative estimate of drug-likeness (QED) is 0.795. The molecule has 1 aromatic carbocycles. The lowest BCUT2D eigenvalue weighted by atomic mass is 9.94. The molecule has 0 spiro atoms. The number of nitrogens with zero attached hydrogens (tertiary/aromatic N) is 3. The van der Waals surface area contributed by atoms with Crippen LogP contribution in [0.1, 0.15) is 47.4 Å². The Kier molecular flexibility index (Phi) is 5.55. The van der Waals surface area contributed by atoms with Crippen LogP contribution in [0.2, 0.25) is 0 Å². The molecule has 1 saturated heterocycles. The lowest BCUT2D eigenvalue weighted by molar-refractivity contribution is 0.0649. The van der Waals surface area contributed by atoms with Crippen molar-refractivity contribution < 1.29 is 14.3 Å². The van der Waals surface area contributed by atoms with Crippen molar-refractivity contribution in [2.75, 3.05) is 26.8 Å². The van der Waals surface area contributed by atoms with E-state index in [0.717, 1.165) is 68.1 Å². The van der Waals surface area contributed by atoms with Gasteiger partial charge in [0.05, 0.1) is 19.4 Å². The van der Waals surface area contributed by atoms with Crippen LogP contribution in [0.4, 0.5) is 0 Å². The molecule has 1 aliphatic carbocycles. The summed E-state index contributed by atoms with van der Waals surface area (Å²) in [6.45, 7) is 2.26. The van der Waals surface area contributed by atoms with Gasteiger partial charge in [-0.15, -0.1) is 0 Å². The predicted molar refractivity (Wildman–Crippen MR) is 107 cm³/mol. The van der Waals surface area contributed by atoms with Crippen LogP contribution < -0.4 is 9.47 Å². The summed E-state index contributed by atoms with van der Waals surface area (Å²) in [7, 11) is 3.56. The maximum atomic E-state index is 13.1. The highest BCUT2D eigenvalue weighted by atomic mass is 16.5. The second-order valence-corrected chi connectivity index (χ2v) is 7.83. The highest BCUT2D eigenvalue weighted by Gasteiger charge is 2.30. The SMILES string of the molecule is COc1ccc(OCC2CCN(C(=O)c3c4c(nn3C)CCCC4)CC2)cc1. The molecule has 28 heavy (non-hydrogen) atoms. The predicted octanol–water partition coefficient (Wildman–Crippen LogP) is 3.24. The molecule has 2 heterocycles. The van der Waals surface area contributed by atoms with Gasteiger partial charge in [-0.05, 0) is 68.7 Å². The zero-order valence-corrected chi connectivity index (χ0v) is 16.8. The minimum absolute atomic E-state index is 0.146. The Hall–Kier alpha value is -2.50. The molecule has 0 atom stereocenters. The van der Waals surface area contributed by atoms with Crippen LogP contribution in [-0.4, -0.2) is 47.4 Å². The first-order valence-electron chi connectivity index (χ1n) is 10.3. The number of carbonyl (C=O) groups is 1. The van der Waals surface area contributed by atoms with Gasteiger partial charge >= 0.3 is 0 Å². The van der Waals surface area contributed by atoms with Crippen LogP contribution in [0.15, 0.2) is 24.3 Å². The summed E-state index contributed by atoms with van der Waals surface area (Å²) in [4.78, 5) is 15.1. The van der Waals surface area contributed by atoms with Crippen LogP contribution in [0.3, 0.4) is 0 Å². The van der Waals surface area contributed by atoms with Gasteiger partial charge < -0.3 is 14.4 Å². The van der Waals surface area contributed by atoms with Crippen molar-refractivity contribution in [2.24, 2.45) is 13.0 Å². The van der Waals surface area contributed by atoms with E-state index in [1.54, 1.807) is 11.8 Å². The van der Waals surface area contributed by atoms with E-state index in [2.05, 4.69) is 5.10 Å². The summed E-state index contributed by atoms with van der Waals surface area (Å²) < 4.78 is 12.9. The van der Waals surface area contributed by atoms with E-state index in [0.29, 0.717) is 12.5 Å². The molecular weight excluding hydrogens is 354 g/mol. The highest BCUT2D eigenvalue weighted by molar-refractivity contribution is 5.94. The molecule has 6 heteroatoms. The van der Waals surface area contributed by atoms with Crippen LogP contribution in [0.25, 0.3) is 0 Å². The average Bonchev–Trinajstić information content (AvgIpc) is 3.08. The molecule has 0 bridgehead atoms. The third-order valence-electron chi connectivity index (χ3n) is 5.97. The van der Waals surface area contributed by atoms with Gasteiger partial charge in [0.2, 0.25) is 0 Å². The molecule has 0 N–H and O–H groups in total. The topological polar surface area (TPSA) is 56.6 Å². The van der Waals surface area contributed by atoms with Gasteiger partial charge in [-0.2, -0.15) is 5.10 Å². The monoisotopic (exact) mass is 383 g/mol. The van der Waals surface area contributed by atoms with Crippen molar-refractivity contribution in [3.63, 3.8) is 0 Å². The molecule has 1 amide bonds. The number of benzene rings is 1. The van der Waals surface area contributed by atoms with Gasteiger partial charge in [0, 0.05) is 25.7 Å². The van der Waals surface area contributed by atoms with Gasteiger partial charge in [-0.1, -0.05) is 0 Å². The summed E-state index contributed by atoms with van der Waals surface area (Å²) in [6.07, 6.45) is 6.27. The normalized spacial score (nSPS) is 17.3. The average molecular weight is 383 g/mol. The molecule has 0 saturated carbocycles. The summed E-state index contributed by atoms with van der Waals surface area (Å²) in [6, 6.07) is 7.68. The Bertz CT molecular complexity index is 820. The van der Waals surface area contributed by atoms with Gasteiger partial charge in [-0.25, -0.2) is 0 Å². The number of aromatic nitrogens is 2. The number of carbonyl (C=O) groups excluding carboxylic acids is 1. The Balaban J connectivity index is 1.31. The van der Waals surface area contributed by atoms with Crippen molar-refractivity contribution in [3.8, 4) is 11.5 Å². The van der Waals surface area contributed by atoms with Crippen molar-refractivity contribution in [3.05, 3.63) is 41.2 Å². The summed E-state index contributed by atoms with van der Waals surface area (Å²) >= 11 is 0. The first-order chi connectivity index (χ1) is 13.7. The van der Waals surface area contributed by atoms with Crippen LogP contribution >= 0.6 is 0 Å². The number of methoxy groups -OCH3 is 1. The lowest BCUT2D eigenvalue weighted by Crippen LogP contribution is -2.40. The number of hydrogen-bond acceptors (Lipinski definition) is 4. The van der Waals surface area contributed by atoms with Crippen molar-refractivity contribution >= 4 is 5.91 Å². The second-order valence-electron chi connectivity index (χ2n) is 7.83. The molecule has 1 fully saturated rings. The molecule has 1 aliphatic heterocycles. The number of amides is 1. The van der Waals surface area contributed by atoms with Crippen LogP contribution in [0, 0.1) is 5.92 Å². The Morgan fingerprint density at radius 3 is 2.50 bits per heavy atom. The summed E-state index contributed by atoms with van der Waals surface area (Å²) in [5.74, 6) is 2.32. The van der Waals surface area contributed by atoms with Crippen LogP contribution in [-0.2, 0) is 19.9 Å². The Morgan fingerprint density at radius 1 is 1.11 bits per heavy atom. The number of aryl methyl sites for hydroxylation is 2. The molecule has 6 nitrogen and oxygen atoms in total. The number of rotatable bonds is 5. The first-order valence-corrected chi connectivity index (χ1v) is 10.3. The van der Waals surface area contributed by atoms with Gasteiger partial charge in [0.15, 0.2) is 0 Å². The standard InChI is InChI=1S/C22H29N3O3/c1-24-21(19-5-3-4-6-20(19)23-24)22(26)25-13-11-16(12-14-25)15-28-18-9-7-17(27-2)8-10-18/h7-10,16H,3-6,11-15H2,1-2H3. The van der Waals surface area contributed by atoms with E-state index in [1.807, 2.05) is 36.2 Å². The zero-order chi connectivity index (χ0) is 19.5. The number of ether oxygens (including phenoxy) is 2. The third-order valence-corrected chi connectivity index (χ3v) is 5.97. The zero-order valence-electron chi connectivity index (χ0n) is 16.8. The molecule has 1 aromatic heterocycles. The van der Waals surface area contributed by atoms with Crippen molar-refractivity contribution in [1.82, 2.24) is 14.7 Å². The molecule has 150 valence electrons. The fraction of sp³-hybridized carbons (Fsp3) is 0.545. The smallest absolute Gasteiger partial charge is 0.272 e. The first kappa shape index (κ1) is 18.8. The van der Waals surface area contributed by atoms with Gasteiger partial charge in [-0.3, -0.25) is 9.48 Å². The van der Waals surface area contributed by atoms with Gasteiger partial charge in [0.1, 0.15) is 17.2 Å². The summed E-state index contributed by atoms with van der Waals surface area (Å²) in [5.41, 5.74) is 3.12. The molecule has 2 aromatic rings.